The number of carbonyl (C=O) groups excluding carboxylic acids is 1. The Morgan fingerprint density at radius 1 is 1.07 bits per heavy atom. The van der Waals surface area contributed by atoms with Gasteiger partial charge in [-0.2, -0.15) is 0 Å². The van der Waals surface area contributed by atoms with Crippen molar-refractivity contribution in [2.45, 2.75) is 49.9 Å². The normalized spacial score (nSPS) is 20.9. The van der Waals surface area contributed by atoms with Crippen molar-refractivity contribution in [3.8, 4) is 0 Å². The monoisotopic (exact) mass is 393 g/mol. The lowest BCUT2D eigenvalue weighted by Crippen LogP contribution is -2.57. The van der Waals surface area contributed by atoms with E-state index in [1.165, 1.54) is 44.2 Å². The predicted octanol–water partition coefficient (Wildman–Crippen LogP) is 1.46. The minimum atomic E-state index is -3.47. The first-order valence-corrected chi connectivity index (χ1v) is 11.8. The van der Waals surface area contributed by atoms with Crippen molar-refractivity contribution in [1.82, 2.24) is 15.5 Å². The van der Waals surface area contributed by atoms with E-state index < -0.39 is 14.6 Å². The van der Waals surface area contributed by atoms with Crippen LogP contribution in [0.2, 0.25) is 0 Å². The van der Waals surface area contributed by atoms with Gasteiger partial charge in [-0.25, -0.2) is 8.42 Å². The molecule has 2 N–H and O–H groups in total. The van der Waals surface area contributed by atoms with Crippen molar-refractivity contribution in [3.63, 3.8) is 0 Å². The first-order chi connectivity index (χ1) is 12.9. The lowest BCUT2D eigenvalue weighted by molar-refractivity contribution is -0.124. The molecule has 1 aromatic rings. The molecule has 1 amide bonds. The van der Waals surface area contributed by atoms with Gasteiger partial charge in [0.15, 0.2) is 14.6 Å². The number of benzene rings is 1. The van der Waals surface area contributed by atoms with E-state index in [9.17, 15) is 13.2 Å². The van der Waals surface area contributed by atoms with E-state index in [-0.39, 0.29) is 5.91 Å². The van der Waals surface area contributed by atoms with Gasteiger partial charge in [-0.3, -0.25) is 9.69 Å². The molecular weight excluding hydrogens is 362 g/mol. The van der Waals surface area contributed by atoms with Gasteiger partial charge in [0.1, 0.15) is 0 Å². The second-order valence-corrected chi connectivity index (χ2v) is 10.2. The van der Waals surface area contributed by atoms with Crippen LogP contribution in [0.3, 0.4) is 0 Å². The molecule has 2 fully saturated rings. The molecule has 0 radical (unpaired) electrons. The summed E-state index contributed by atoms with van der Waals surface area (Å²) in [6.45, 7) is 4.75. The Balaban J connectivity index is 1.58. The number of hydrogen-bond acceptors (Lipinski definition) is 5. The lowest BCUT2D eigenvalue weighted by Gasteiger charge is -2.34. The molecule has 2 saturated heterocycles. The zero-order valence-electron chi connectivity index (χ0n) is 16.2. The molecule has 150 valence electrons. The van der Waals surface area contributed by atoms with Crippen LogP contribution in [-0.2, 0) is 27.7 Å². The highest BCUT2D eigenvalue weighted by Crippen LogP contribution is 2.28. The minimum Gasteiger partial charge on any atom is -0.351 e. The first kappa shape index (κ1) is 20.3. The van der Waals surface area contributed by atoms with Gasteiger partial charge in [-0.05, 0) is 63.0 Å². The Hall–Kier alpha value is -1.44. The molecule has 27 heavy (non-hydrogen) atoms. The molecule has 3 rings (SSSR count). The van der Waals surface area contributed by atoms with Crippen LogP contribution in [0.1, 0.15) is 43.2 Å². The van der Waals surface area contributed by atoms with Crippen molar-refractivity contribution in [1.29, 1.82) is 0 Å². The summed E-state index contributed by atoms with van der Waals surface area (Å²) < 4.78 is 23.3. The van der Waals surface area contributed by atoms with Crippen LogP contribution in [0.25, 0.3) is 0 Å². The maximum Gasteiger partial charge on any atom is 0.241 e. The average molecular weight is 394 g/mol. The summed E-state index contributed by atoms with van der Waals surface area (Å²) in [5, 5.41) is 5.99. The Labute approximate surface area is 162 Å². The van der Waals surface area contributed by atoms with Gasteiger partial charge in [-0.1, -0.05) is 30.7 Å². The zero-order valence-corrected chi connectivity index (χ0v) is 17.0. The van der Waals surface area contributed by atoms with Gasteiger partial charge in [0.05, 0.1) is 0 Å². The van der Waals surface area contributed by atoms with Crippen molar-refractivity contribution in [3.05, 3.63) is 35.4 Å². The second kappa shape index (κ2) is 8.71. The standard InChI is InChI=1S/C20H31N3O3S/c1-27(25,26)20(9-11-21-12-10-20)19(24)22-15-17-5-7-18(8-6-17)16-23-13-3-2-4-14-23/h5-8,21H,2-4,9-16H2,1H3,(H,22,24). The number of hydrogen-bond donors (Lipinski definition) is 2. The summed E-state index contributed by atoms with van der Waals surface area (Å²) >= 11 is 0. The summed E-state index contributed by atoms with van der Waals surface area (Å²) in [5.41, 5.74) is 2.27. The van der Waals surface area contributed by atoms with Crippen molar-refractivity contribution in [2.24, 2.45) is 0 Å². The molecule has 2 aliphatic rings. The highest BCUT2D eigenvalue weighted by molar-refractivity contribution is 7.92. The van der Waals surface area contributed by atoms with Crippen LogP contribution in [-0.4, -0.2) is 56.4 Å². The molecular formula is C20H31N3O3S. The molecule has 0 spiro atoms. The predicted molar refractivity (Wildman–Crippen MR) is 107 cm³/mol. The fourth-order valence-electron chi connectivity index (χ4n) is 4.08. The first-order valence-electron chi connectivity index (χ1n) is 9.89. The molecule has 2 heterocycles. The van der Waals surface area contributed by atoms with Gasteiger partial charge in [0.25, 0.3) is 0 Å². The number of amides is 1. The zero-order chi connectivity index (χ0) is 19.3. The van der Waals surface area contributed by atoms with Gasteiger partial charge in [-0.15, -0.1) is 0 Å². The van der Waals surface area contributed by atoms with E-state index >= 15 is 0 Å². The third-order valence-corrected chi connectivity index (χ3v) is 7.88. The maximum atomic E-state index is 12.7. The Kier molecular flexibility index (Phi) is 6.55. The summed E-state index contributed by atoms with van der Waals surface area (Å²) in [7, 11) is -3.47. The second-order valence-electron chi connectivity index (χ2n) is 7.85. The molecule has 0 saturated carbocycles. The quantitative estimate of drug-likeness (QED) is 0.765. The maximum absolute atomic E-state index is 12.7. The van der Waals surface area contributed by atoms with Crippen LogP contribution < -0.4 is 10.6 Å². The smallest absolute Gasteiger partial charge is 0.241 e. The van der Waals surface area contributed by atoms with Gasteiger partial charge in [0, 0.05) is 19.3 Å². The average Bonchev–Trinajstić information content (AvgIpc) is 2.68. The fraction of sp³-hybridized carbons (Fsp3) is 0.650. The number of carbonyl (C=O) groups is 1. The molecule has 7 heteroatoms. The lowest BCUT2D eigenvalue weighted by atomic mass is 9.95. The van der Waals surface area contributed by atoms with E-state index in [1.807, 2.05) is 12.1 Å². The Bertz CT molecular complexity index is 734. The highest BCUT2D eigenvalue weighted by Gasteiger charge is 2.48. The molecule has 6 nitrogen and oxygen atoms in total. The number of rotatable bonds is 6. The van der Waals surface area contributed by atoms with Crippen LogP contribution >= 0.6 is 0 Å². The van der Waals surface area contributed by atoms with Crippen LogP contribution in [0.5, 0.6) is 0 Å². The SMILES string of the molecule is CS(=O)(=O)C1(C(=O)NCc2ccc(CN3CCCCC3)cc2)CCNCC1. The molecule has 0 aromatic heterocycles. The van der Waals surface area contributed by atoms with E-state index in [4.69, 9.17) is 0 Å². The topological polar surface area (TPSA) is 78.5 Å². The van der Waals surface area contributed by atoms with E-state index in [0.29, 0.717) is 32.5 Å². The van der Waals surface area contributed by atoms with Crippen molar-refractivity contribution >= 4 is 15.7 Å². The number of piperidine rings is 2. The molecule has 0 aliphatic carbocycles. The number of nitrogens with zero attached hydrogens (tertiary/aromatic N) is 1. The van der Waals surface area contributed by atoms with E-state index in [1.54, 1.807) is 0 Å². The Morgan fingerprint density at radius 2 is 1.67 bits per heavy atom. The Morgan fingerprint density at radius 3 is 2.26 bits per heavy atom. The summed E-state index contributed by atoms with van der Waals surface area (Å²) in [4.78, 5) is 15.2. The third-order valence-electron chi connectivity index (χ3n) is 5.87. The molecule has 0 atom stereocenters. The number of likely N-dealkylation sites (tertiary alicyclic amines) is 1. The third kappa shape index (κ3) is 4.89. The summed E-state index contributed by atoms with van der Waals surface area (Å²) in [6, 6.07) is 8.25. The number of sulfone groups is 1. The molecule has 1 aromatic carbocycles. The fourth-order valence-corrected chi connectivity index (χ4v) is 5.43. The minimum absolute atomic E-state index is 0.326. The van der Waals surface area contributed by atoms with Crippen LogP contribution in [0.15, 0.2) is 24.3 Å². The van der Waals surface area contributed by atoms with Crippen molar-refractivity contribution in [2.75, 3.05) is 32.4 Å². The summed E-state index contributed by atoms with van der Waals surface area (Å²) in [5.74, 6) is -0.371. The van der Waals surface area contributed by atoms with Crippen LogP contribution in [0.4, 0.5) is 0 Å². The summed E-state index contributed by atoms with van der Waals surface area (Å²) in [6.07, 6.45) is 5.72. The number of nitrogens with one attached hydrogen (secondary N) is 2. The van der Waals surface area contributed by atoms with Crippen molar-refractivity contribution < 1.29 is 13.2 Å². The van der Waals surface area contributed by atoms with Crippen LogP contribution in [0, 0.1) is 0 Å². The molecule has 2 aliphatic heterocycles. The highest BCUT2D eigenvalue weighted by atomic mass is 32.2. The van der Waals surface area contributed by atoms with E-state index in [0.717, 1.165) is 12.1 Å². The van der Waals surface area contributed by atoms with E-state index in [2.05, 4.69) is 27.7 Å². The largest absolute Gasteiger partial charge is 0.351 e. The molecule has 0 unspecified atom stereocenters. The van der Waals surface area contributed by atoms with Gasteiger partial charge < -0.3 is 10.6 Å². The van der Waals surface area contributed by atoms with Gasteiger partial charge >= 0.3 is 0 Å². The van der Waals surface area contributed by atoms with Gasteiger partial charge in [0.2, 0.25) is 5.91 Å². The molecule has 0 bridgehead atoms.